The van der Waals surface area contributed by atoms with Crippen molar-refractivity contribution in [3.05, 3.63) is 0 Å². The predicted octanol–water partition coefficient (Wildman–Crippen LogP) is 8.90. The van der Waals surface area contributed by atoms with Crippen LogP contribution in [0.15, 0.2) is 18.3 Å². The Labute approximate surface area is 269 Å². The molecular formula is C28H73N11P4. The van der Waals surface area contributed by atoms with Gasteiger partial charge in [-0.2, -0.15) is 13.5 Å². The smallest absolute Gasteiger partial charge is 0.264 e. The largest absolute Gasteiger partial charge is 0.304 e. The summed E-state index contributed by atoms with van der Waals surface area (Å²) >= 11 is 0. The molecule has 260 valence electrons. The van der Waals surface area contributed by atoms with E-state index in [1.54, 1.807) is 0 Å². The fourth-order valence-corrected chi connectivity index (χ4v) is 26.9. The zero-order valence-electron chi connectivity index (χ0n) is 32.6. The molecule has 0 saturated carbocycles. The number of hydrogen-bond donors (Lipinski definition) is 0. The summed E-state index contributed by atoms with van der Waals surface area (Å²) in [6.07, 6.45) is 0.897. The van der Waals surface area contributed by atoms with Gasteiger partial charge in [0, 0.05) is 11.3 Å². The van der Waals surface area contributed by atoms with Gasteiger partial charge in [-0.1, -0.05) is 48.5 Å². The van der Waals surface area contributed by atoms with Crippen molar-refractivity contribution < 1.29 is 0 Å². The molecule has 0 radical (unpaired) electrons. The van der Waals surface area contributed by atoms with Crippen LogP contribution in [0.3, 0.4) is 0 Å². The molecule has 43 heavy (non-hydrogen) atoms. The molecule has 0 aliphatic rings. The number of hydrogen-bond acceptors (Lipinski definition) is 1. The van der Waals surface area contributed by atoms with Crippen LogP contribution in [0, 0.1) is 5.41 Å². The van der Waals surface area contributed by atoms with Crippen LogP contribution in [-0.2, 0) is 0 Å². The van der Waals surface area contributed by atoms with Crippen molar-refractivity contribution in [1.29, 1.82) is 0 Å². The van der Waals surface area contributed by atoms with E-state index in [1.165, 1.54) is 0 Å². The Morgan fingerprint density at radius 2 is 0.744 bits per heavy atom. The molecule has 0 fully saturated rings. The number of rotatable bonds is 14. The highest BCUT2D eigenvalue weighted by atomic mass is 31.3. The lowest BCUT2D eigenvalue weighted by Crippen LogP contribution is -2.31. The highest BCUT2D eigenvalue weighted by Crippen LogP contribution is 2.79. The third-order valence-corrected chi connectivity index (χ3v) is 24.9. The van der Waals surface area contributed by atoms with Crippen molar-refractivity contribution in [2.45, 2.75) is 85.6 Å². The maximum atomic E-state index is 6.11. The summed E-state index contributed by atoms with van der Waals surface area (Å²) in [7, 11) is 19.9. The molecule has 15 heteroatoms. The van der Waals surface area contributed by atoms with Crippen LogP contribution >= 0.6 is 29.7 Å². The maximum absolute atomic E-state index is 6.11. The van der Waals surface area contributed by atoms with E-state index in [4.69, 9.17) is 18.3 Å². The van der Waals surface area contributed by atoms with Crippen LogP contribution in [0.1, 0.15) is 68.7 Å². The Morgan fingerprint density at radius 3 is 0.930 bits per heavy atom. The predicted molar refractivity (Wildman–Crippen MR) is 202 cm³/mol. The average Bonchev–Trinajstić information content (AvgIpc) is 2.75. The first-order valence-corrected chi connectivity index (χ1v) is 22.0. The van der Waals surface area contributed by atoms with Gasteiger partial charge in [0.1, 0.15) is 14.7 Å². The lowest BCUT2D eigenvalue weighted by Gasteiger charge is -2.46. The van der Waals surface area contributed by atoms with E-state index >= 15 is 0 Å². The molecule has 0 aliphatic heterocycles. The van der Waals surface area contributed by atoms with Gasteiger partial charge in [-0.15, -0.1) is 0 Å². The summed E-state index contributed by atoms with van der Waals surface area (Å²) < 4.78 is 40.4. The minimum absolute atomic E-state index is 0.0697. The van der Waals surface area contributed by atoms with Gasteiger partial charge in [-0.3, -0.25) is 32.7 Å². The Bertz CT molecular complexity index is 926. The van der Waals surface area contributed by atoms with E-state index in [-0.39, 0.29) is 16.7 Å². The molecule has 0 aromatic rings. The zero-order chi connectivity index (χ0) is 34.7. The fourth-order valence-electron chi connectivity index (χ4n) is 6.73. The molecular weight excluding hydrogens is 614 g/mol. The lowest BCUT2D eigenvalue weighted by molar-refractivity contribution is 0.290. The van der Waals surface area contributed by atoms with Crippen molar-refractivity contribution in [2.24, 2.45) is 23.7 Å². The summed E-state index contributed by atoms with van der Waals surface area (Å²) in [6.45, 7) is 20.6. The van der Waals surface area contributed by atoms with Crippen molar-refractivity contribution in [1.82, 2.24) is 32.7 Å². The van der Waals surface area contributed by atoms with Crippen molar-refractivity contribution >= 4 is 29.7 Å². The van der Waals surface area contributed by atoms with Gasteiger partial charge in [0.05, 0.1) is 5.54 Å². The Morgan fingerprint density at radius 1 is 0.465 bits per heavy atom. The van der Waals surface area contributed by atoms with E-state index in [9.17, 15) is 0 Å². The normalized spacial score (nSPS) is 15.0. The highest BCUT2D eigenvalue weighted by molar-refractivity contribution is 7.81. The summed E-state index contributed by atoms with van der Waals surface area (Å²) in [4.78, 5) is 0. The molecule has 0 spiro atoms. The SMILES string of the molecule is CC(C)P(=NP(=NC(C)(C)CC(C)(C)C)(N=P(C(C)C)(N(C)C)N(C)C)N=P(N(C)C)(N(C)C)N(C)C)(N(C)C)N(C)C. The second-order valence-corrected chi connectivity index (χ2v) is 30.0. The summed E-state index contributed by atoms with van der Waals surface area (Å²) in [5.74, 6) is 0. The summed E-state index contributed by atoms with van der Waals surface area (Å²) in [5, 5.41) is 0. The molecule has 0 amide bonds. The fraction of sp³-hybridized carbons (Fsp3) is 1.00. The van der Waals surface area contributed by atoms with Gasteiger partial charge in [0.2, 0.25) is 0 Å². The van der Waals surface area contributed by atoms with E-state index in [0.29, 0.717) is 0 Å². The van der Waals surface area contributed by atoms with E-state index in [2.05, 4.69) is 194 Å². The quantitative estimate of drug-likeness (QED) is 0.169. The van der Waals surface area contributed by atoms with Crippen LogP contribution < -0.4 is 0 Å². The Hall–Kier alpha value is 0.640. The zero-order valence-corrected chi connectivity index (χ0v) is 36.1. The Balaban J connectivity index is 9.74. The van der Waals surface area contributed by atoms with Crippen LogP contribution in [0.4, 0.5) is 0 Å². The minimum Gasteiger partial charge on any atom is -0.264 e. The minimum atomic E-state index is -3.20. The second kappa shape index (κ2) is 15.7. The van der Waals surface area contributed by atoms with Crippen LogP contribution in [0.2, 0.25) is 0 Å². The molecule has 0 saturated heterocycles. The average molecular weight is 688 g/mol. The third kappa shape index (κ3) is 9.83. The molecule has 11 nitrogen and oxygen atoms in total. The molecule has 0 aliphatic carbocycles. The van der Waals surface area contributed by atoms with Gasteiger partial charge < -0.3 is 0 Å². The standard InChI is InChI=1S/C28H73N11P4/c1-25(2)40(33(10)11,34(12)13)30-42(29-28(8,9)24-27(5,6)7,31-41(26(3)4,35(14)15)36(16)17)32-43(37(18)19,38(20)21)39(22)23/h25-26H,24H2,1-23H3. The van der Waals surface area contributed by atoms with E-state index in [1.807, 2.05) is 0 Å². The molecule has 0 atom stereocenters. The first kappa shape index (κ1) is 43.6. The van der Waals surface area contributed by atoms with Gasteiger partial charge in [0.15, 0.2) is 7.51 Å². The van der Waals surface area contributed by atoms with Crippen molar-refractivity contribution in [3.8, 4) is 0 Å². The molecule has 0 heterocycles. The molecule has 0 unspecified atom stereocenters. The van der Waals surface area contributed by atoms with E-state index in [0.717, 1.165) is 6.42 Å². The first-order chi connectivity index (χ1) is 19.0. The topological polar surface area (TPSA) is 72.1 Å². The van der Waals surface area contributed by atoms with Crippen LogP contribution in [0.25, 0.3) is 0 Å². The molecule has 0 aromatic heterocycles. The molecule has 0 bridgehead atoms. The molecule has 0 rings (SSSR count). The monoisotopic (exact) mass is 688 g/mol. The van der Waals surface area contributed by atoms with E-state index < -0.39 is 35.3 Å². The van der Waals surface area contributed by atoms with Gasteiger partial charge in [-0.25, -0.2) is 4.74 Å². The second-order valence-electron chi connectivity index (χ2n) is 15.3. The van der Waals surface area contributed by atoms with Crippen LogP contribution in [-0.4, -0.2) is 148 Å². The Kier molecular flexibility index (Phi) is 15.9. The molecule has 0 N–H and O–H groups in total. The third-order valence-electron chi connectivity index (χ3n) is 7.46. The number of nitrogens with zero attached hydrogens (tertiary/aromatic N) is 11. The van der Waals surface area contributed by atoms with Crippen molar-refractivity contribution in [3.63, 3.8) is 0 Å². The van der Waals surface area contributed by atoms with Crippen LogP contribution in [0.5, 0.6) is 0 Å². The maximum Gasteiger partial charge on any atom is 0.304 e. The van der Waals surface area contributed by atoms with Gasteiger partial charge in [0.25, 0.3) is 0 Å². The summed E-state index contributed by atoms with van der Waals surface area (Å²) in [5.41, 5.74) is 0.152. The first-order valence-electron chi connectivity index (χ1n) is 15.3. The van der Waals surface area contributed by atoms with Gasteiger partial charge in [-0.05, 0) is 124 Å². The van der Waals surface area contributed by atoms with Gasteiger partial charge >= 0.3 is 7.51 Å². The molecule has 0 aromatic carbocycles. The highest BCUT2D eigenvalue weighted by Gasteiger charge is 2.43. The van der Waals surface area contributed by atoms with Crippen molar-refractivity contribution in [2.75, 3.05) is 98.7 Å². The summed E-state index contributed by atoms with van der Waals surface area (Å²) in [6, 6.07) is 0. The lowest BCUT2D eigenvalue weighted by atomic mass is 9.82.